The van der Waals surface area contributed by atoms with Gasteiger partial charge in [-0.2, -0.15) is 0 Å². The lowest BCUT2D eigenvalue weighted by molar-refractivity contribution is -0.133. The Morgan fingerprint density at radius 3 is 2.92 bits per heavy atom. The van der Waals surface area contributed by atoms with E-state index in [9.17, 15) is 4.79 Å². The Morgan fingerprint density at radius 1 is 1.38 bits per heavy atom. The van der Waals surface area contributed by atoms with Crippen LogP contribution in [-0.4, -0.2) is 60.4 Å². The molecule has 0 bridgehead atoms. The molecule has 2 aliphatic heterocycles. The van der Waals surface area contributed by atoms with E-state index in [1.165, 1.54) is 11.5 Å². The molecule has 1 amide bonds. The monoisotopic (exact) mass is 335 g/mol. The normalized spacial score (nSPS) is 22.8. The van der Waals surface area contributed by atoms with Gasteiger partial charge in [0, 0.05) is 51.2 Å². The number of carbonyl (C=O) groups is 1. The van der Waals surface area contributed by atoms with E-state index >= 15 is 0 Å². The first-order valence-corrected chi connectivity index (χ1v) is 9.09. The van der Waals surface area contributed by atoms with Gasteiger partial charge < -0.3 is 18.9 Å². The molecule has 0 radical (unpaired) electrons. The molecule has 2 fully saturated rings. The SMILES string of the molecule is COCCC(=O)N1CCCC(n2c(C)cnc2C2CCOCC2)C1. The summed E-state index contributed by atoms with van der Waals surface area (Å²) in [5, 5.41) is 0. The fourth-order valence-corrected chi connectivity index (χ4v) is 3.94. The van der Waals surface area contributed by atoms with Gasteiger partial charge in [-0.15, -0.1) is 0 Å². The molecule has 0 spiro atoms. The fourth-order valence-electron chi connectivity index (χ4n) is 3.94. The zero-order valence-corrected chi connectivity index (χ0v) is 14.9. The van der Waals surface area contributed by atoms with Crippen molar-refractivity contribution in [2.45, 2.75) is 51.0 Å². The number of carbonyl (C=O) groups excluding carboxylic acids is 1. The lowest BCUT2D eigenvalue weighted by Gasteiger charge is -2.36. The van der Waals surface area contributed by atoms with Crippen LogP contribution < -0.4 is 0 Å². The molecule has 1 aromatic rings. The third-order valence-corrected chi connectivity index (χ3v) is 5.23. The third kappa shape index (κ3) is 3.81. The summed E-state index contributed by atoms with van der Waals surface area (Å²) in [4.78, 5) is 19.1. The van der Waals surface area contributed by atoms with Gasteiger partial charge in [0.15, 0.2) is 0 Å². The van der Waals surface area contributed by atoms with Crippen LogP contribution in [0.2, 0.25) is 0 Å². The van der Waals surface area contributed by atoms with Crippen molar-refractivity contribution in [2.24, 2.45) is 0 Å². The van der Waals surface area contributed by atoms with Gasteiger partial charge in [0.05, 0.1) is 19.1 Å². The molecule has 0 aliphatic carbocycles. The van der Waals surface area contributed by atoms with Gasteiger partial charge in [-0.1, -0.05) is 0 Å². The summed E-state index contributed by atoms with van der Waals surface area (Å²) in [5.41, 5.74) is 1.20. The van der Waals surface area contributed by atoms with Crippen LogP contribution in [0.25, 0.3) is 0 Å². The van der Waals surface area contributed by atoms with Crippen molar-refractivity contribution in [3.8, 4) is 0 Å². The van der Waals surface area contributed by atoms with Gasteiger partial charge >= 0.3 is 0 Å². The molecule has 1 unspecified atom stereocenters. The highest BCUT2D eigenvalue weighted by atomic mass is 16.5. The van der Waals surface area contributed by atoms with Crippen LogP contribution in [0.4, 0.5) is 0 Å². The Bertz CT molecular complexity index is 552. The van der Waals surface area contributed by atoms with Gasteiger partial charge in [0.25, 0.3) is 0 Å². The van der Waals surface area contributed by atoms with Crippen LogP contribution in [-0.2, 0) is 14.3 Å². The number of piperidine rings is 1. The number of amides is 1. The zero-order chi connectivity index (χ0) is 16.9. The van der Waals surface area contributed by atoms with E-state index in [1.807, 2.05) is 11.1 Å². The number of hydrogen-bond donors (Lipinski definition) is 0. The smallest absolute Gasteiger partial charge is 0.224 e. The molecule has 134 valence electrons. The average Bonchev–Trinajstić information content (AvgIpc) is 3.02. The minimum Gasteiger partial charge on any atom is -0.384 e. The van der Waals surface area contributed by atoms with E-state index in [0.29, 0.717) is 25.0 Å². The van der Waals surface area contributed by atoms with Crippen molar-refractivity contribution in [3.05, 3.63) is 17.7 Å². The Hall–Kier alpha value is -1.40. The second-order valence-corrected chi connectivity index (χ2v) is 6.89. The first-order valence-electron chi connectivity index (χ1n) is 9.09. The number of nitrogens with zero attached hydrogens (tertiary/aromatic N) is 3. The number of rotatable bonds is 5. The highest BCUT2D eigenvalue weighted by molar-refractivity contribution is 5.76. The summed E-state index contributed by atoms with van der Waals surface area (Å²) >= 11 is 0. The predicted molar refractivity (Wildman–Crippen MR) is 91.1 cm³/mol. The Kier molecular flexibility index (Phi) is 5.89. The van der Waals surface area contributed by atoms with Gasteiger partial charge in [0.1, 0.15) is 5.82 Å². The molecule has 1 atom stereocenters. The summed E-state index contributed by atoms with van der Waals surface area (Å²) in [6.45, 7) is 5.92. The van der Waals surface area contributed by atoms with Crippen molar-refractivity contribution in [1.82, 2.24) is 14.5 Å². The van der Waals surface area contributed by atoms with Gasteiger partial charge in [-0.3, -0.25) is 4.79 Å². The number of aromatic nitrogens is 2. The molecule has 24 heavy (non-hydrogen) atoms. The van der Waals surface area contributed by atoms with Gasteiger partial charge in [-0.05, 0) is 32.6 Å². The number of ether oxygens (including phenoxy) is 2. The number of imidazole rings is 1. The van der Waals surface area contributed by atoms with Gasteiger partial charge in [0.2, 0.25) is 5.91 Å². The Balaban J connectivity index is 1.73. The Morgan fingerprint density at radius 2 is 2.17 bits per heavy atom. The molecule has 0 N–H and O–H groups in total. The predicted octanol–water partition coefficient (Wildman–Crippen LogP) is 2.29. The topological polar surface area (TPSA) is 56.6 Å². The quantitative estimate of drug-likeness (QED) is 0.828. The van der Waals surface area contributed by atoms with E-state index in [1.54, 1.807) is 7.11 Å². The lowest BCUT2D eigenvalue weighted by atomic mass is 9.97. The summed E-state index contributed by atoms with van der Waals surface area (Å²) in [6, 6.07) is 0.339. The second-order valence-electron chi connectivity index (χ2n) is 6.89. The van der Waals surface area contributed by atoms with E-state index in [4.69, 9.17) is 14.5 Å². The highest BCUT2D eigenvalue weighted by Gasteiger charge is 2.29. The van der Waals surface area contributed by atoms with E-state index in [-0.39, 0.29) is 5.91 Å². The Labute approximate surface area is 144 Å². The molecule has 3 heterocycles. The van der Waals surface area contributed by atoms with Crippen LogP contribution in [0.3, 0.4) is 0 Å². The van der Waals surface area contributed by atoms with Crippen LogP contribution in [0, 0.1) is 6.92 Å². The zero-order valence-electron chi connectivity index (χ0n) is 14.9. The number of hydrogen-bond acceptors (Lipinski definition) is 4. The maximum absolute atomic E-state index is 12.3. The van der Waals surface area contributed by atoms with Crippen LogP contribution in [0.15, 0.2) is 6.20 Å². The summed E-state index contributed by atoms with van der Waals surface area (Å²) < 4.78 is 12.9. The number of likely N-dealkylation sites (tertiary alicyclic amines) is 1. The molecule has 0 aromatic carbocycles. The van der Waals surface area contributed by atoms with Crippen LogP contribution >= 0.6 is 0 Å². The van der Waals surface area contributed by atoms with E-state index in [0.717, 1.165) is 52.0 Å². The molecular weight excluding hydrogens is 306 g/mol. The first kappa shape index (κ1) is 17.4. The third-order valence-electron chi connectivity index (χ3n) is 5.23. The van der Waals surface area contributed by atoms with Gasteiger partial charge in [-0.25, -0.2) is 4.98 Å². The summed E-state index contributed by atoms with van der Waals surface area (Å²) in [6.07, 6.45) is 6.70. The van der Waals surface area contributed by atoms with Crippen molar-refractivity contribution >= 4 is 5.91 Å². The van der Waals surface area contributed by atoms with Crippen LogP contribution in [0.1, 0.15) is 55.6 Å². The lowest BCUT2D eigenvalue weighted by Crippen LogP contribution is -2.41. The molecule has 2 aliphatic rings. The molecular formula is C18H29N3O3. The number of aryl methyl sites for hydroxylation is 1. The second kappa shape index (κ2) is 8.12. The summed E-state index contributed by atoms with van der Waals surface area (Å²) in [7, 11) is 1.64. The molecule has 2 saturated heterocycles. The summed E-state index contributed by atoms with van der Waals surface area (Å²) in [5.74, 6) is 1.87. The van der Waals surface area contributed by atoms with E-state index in [2.05, 4.69) is 11.5 Å². The molecule has 3 rings (SSSR count). The maximum atomic E-state index is 12.3. The highest BCUT2D eigenvalue weighted by Crippen LogP contribution is 2.32. The van der Waals surface area contributed by atoms with Crippen molar-refractivity contribution in [1.29, 1.82) is 0 Å². The average molecular weight is 335 g/mol. The molecule has 1 aromatic heterocycles. The molecule has 6 heteroatoms. The van der Waals surface area contributed by atoms with Crippen LogP contribution in [0.5, 0.6) is 0 Å². The van der Waals surface area contributed by atoms with Crippen molar-refractivity contribution in [3.63, 3.8) is 0 Å². The largest absolute Gasteiger partial charge is 0.384 e. The minimum atomic E-state index is 0.201. The molecule has 0 saturated carbocycles. The maximum Gasteiger partial charge on any atom is 0.224 e. The first-order chi connectivity index (χ1) is 11.7. The fraction of sp³-hybridized carbons (Fsp3) is 0.778. The van der Waals surface area contributed by atoms with Crippen molar-refractivity contribution in [2.75, 3.05) is 40.0 Å². The minimum absolute atomic E-state index is 0.201. The number of methoxy groups -OCH3 is 1. The standard InChI is InChI=1S/C18H29N3O3/c1-14-12-19-18(15-5-10-24-11-6-15)21(14)16-4-3-8-20(13-16)17(22)7-9-23-2/h12,15-16H,3-11,13H2,1-2H3. The molecule has 6 nitrogen and oxygen atoms in total. The van der Waals surface area contributed by atoms with Crippen molar-refractivity contribution < 1.29 is 14.3 Å². The van der Waals surface area contributed by atoms with E-state index < -0.39 is 0 Å².